The standard InChI is InChI=1S/C12H16F2N2O2/c1-16(5-4-11(15)12(17)18)7-8-2-3-9(13)6-10(8)14/h2-3,6,11H,4-5,7,15H2,1H3,(H,17,18). The highest BCUT2D eigenvalue weighted by molar-refractivity contribution is 5.72. The van der Waals surface area contributed by atoms with Crippen LogP contribution in [0.2, 0.25) is 0 Å². The van der Waals surface area contributed by atoms with Crippen LogP contribution < -0.4 is 5.73 Å². The zero-order chi connectivity index (χ0) is 13.7. The van der Waals surface area contributed by atoms with Crippen molar-refractivity contribution in [2.24, 2.45) is 5.73 Å². The van der Waals surface area contributed by atoms with Crippen molar-refractivity contribution in [2.45, 2.75) is 19.0 Å². The normalized spacial score (nSPS) is 12.7. The molecule has 1 unspecified atom stereocenters. The van der Waals surface area contributed by atoms with Gasteiger partial charge in [-0.15, -0.1) is 0 Å². The van der Waals surface area contributed by atoms with E-state index in [0.717, 1.165) is 6.07 Å². The van der Waals surface area contributed by atoms with Gasteiger partial charge in [0.2, 0.25) is 0 Å². The van der Waals surface area contributed by atoms with Crippen LogP contribution in [0.25, 0.3) is 0 Å². The maximum atomic E-state index is 13.4. The minimum absolute atomic E-state index is 0.272. The van der Waals surface area contributed by atoms with Crippen LogP contribution in [-0.2, 0) is 11.3 Å². The van der Waals surface area contributed by atoms with Crippen molar-refractivity contribution in [3.05, 3.63) is 35.4 Å². The van der Waals surface area contributed by atoms with E-state index >= 15 is 0 Å². The number of hydrogen-bond donors (Lipinski definition) is 2. The molecule has 0 amide bonds. The summed E-state index contributed by atoms with van der Waals surface area (Å²) in [6, 6.07) is 2.46. The van der Waals surface area contributed by atoms with Gasteiger partial charge < -0.3 is 15.7 Å². The van der Waals surface area contributed by atoms with Gasteiger partial charge in [-0.1, -0.05) is 6.07 Å². The summed E-state index contributed by atoms with van der Waals surface area (Å²) in [7, 11) is 1.72. The molecule has 4 nitrogen and oxygen atoms in total. The second-order valence-electron chi connectivity index (χ2n) is 4.21. The molecule has 0 aliphatic carbocycles. The third-order valence-electron chi connectivity index (χ3n) is 2.59. The summed E-state index contributed by atoms with van der Waals surface area (Å²) < 4.78 is 26.0. The highest BCUT2D eigenvalue weighted by Crippen LogP contribution is 2.11. The van der Waals surface area contributed by atoms with Crippen LogP contribution in [0.1, 0.15) is 12.0 Å². The fourth-order valence-electron chi connectivity index (χ4n) is 1.50. The Bertz CT molecular complexity index is 427. The van der Waals surface area contributed by atoms with Gasteiger partial charge in [-0.3, -0.25) is 4.79 Å². The smallest absolute Gasteiger partial charge is 0.320 e. The summed E-state index contributed by atoms with van der Waals surface area (Å²) in [6.45, 7) is 0.697. The van der Waals surface area contributed by atoms with E-state index in [4.69, 9.17) is 10.8 Å². The van der Waals surface area contributed by atoms with Gasteiger partial charge in [-0.25, -0.2) is 8.78 Å². The van der Waals surface area contributed by atoms with Gasteiger partial charge in [0.25, 0.3) is 0 Å². The molecule has 0 saturated carbocycles. The molecular formula is C12H16F2N2O2. The Morgan fingerprint density at radius 2 is 2.17 bits per heavy atom. The quantitative estimate of drug-likeness (QED) is 0.804. The largest absolute Gasteiger partial charge is 0.480 e. The number of carboxylic acids is 1. The van der Waals surface area contributed by atoms with E-state index in [1.54, 1.807) is 11.9 Å². The Morgan fingerprint density at radius 3 is 2.72 bits per heavy atom. The minimum atomic E-state index is -1.06. The molecule has 0 aliphatic rings. The first-order chi connectivity index (χ1) is 8.40. The van der Waals surface area contributed by atoms with Crippen molar-refractivity contribution in [3.63, 3.8) is 0 Å². The molecule has 18 heavy (non-hydrogen) atoms. The number of carbonyl (C=O) groups is 1. The average Bonchev–Trinajstić information content (AvgIpc) is 2.29. The number of hydrogen-bond acceptors (Lipinski definition) is 3. The molecule has 0 radical (unpaired) electrons. The summed E-state index contributed by atoms with van der Waals surface area (Å²) in [5.74, 6) is -2.28. The molecule has 0 spiro atoms. The Kier molecular flexibility index (Phi) is 5.18. The minimum Gasteiger partial charge on any atom is -0.480 e. The number of benzene rings is 1. The van der Waals surface area contributed by atoms with Crippen molar-refractivity contribution in [1.29, 1.82) is 0 Å². The van der Waals surface area contributed by atoms with Crippen LogP contribution >= 0.6 is 0 Å². The number of rotatable bonds is 6. The Labute approximate surface area is 104 Å². The molecule has 1 rings (SSSR count). The lowest BCUT2D eigenvalue weighted by Gasteiger charge is -2.18. The lowest BCUT2D eigenvalue weighted by molar-refractivity contribution is -0.138. The van der Waals surface area contributed by atoms with Gasteiger partial charge in [0.1, 0.15) is 17.7 Å². The number of aliphatic carboxylic acids is 1. The van der Waals surface area contributed by atoms with Crippen molar-refractivity contribution < 1.29 is 18.7 Å². The Balaban J connectivity index is 2.49. The lowest BCUT2D eigenvalue weighted by atomic mass is 10.1. The number of carboxylic acid groups (broad SMARTS) is 1. The van der Waals surface area contributed by atoms with Crippen molar-refractivity contribution in [1.82, 2.24) is 4.90 Å². The van der Waals surface area contributed by atoms with Crippen molar-refractivity contribution in [2.75, 3.05) is 13.6 Å². The highest BCUT2D eigenvalue weighted by atomic mass is 19.1. The molecule has 6 heteroatoms. The highest BCUT2D eigenvalue weighted by Gasteiger charge is 2.13. The maximum Gasteiger partial charge on any atom is 0.320 e. The third-order valence-corrected chi connectivity index (χ3v) is 2.59. The van der Waals surface area contributed by atoms with E-state index in [0.29, 0.717) is 12.1 Å². The summed E-state index contributed by atoms with van der Waals surface area (Å²) in [5.41, 5.74) is 5.72. The van der Waals surface area contributed by atoms with Crippen LogP contribution in [0.4, 0.5) is 8.78 Å². The molecule has 0 aliphatic heterocycles. The van der Waals surface area contributed by atoms with Crippen LogP contribution in [-0.4, -0.2) is 35.6 Å². The summed E-state index contributed by atoms with van der Waals surface area (Å²) in [4.78, 5) is 12.3. The van der Waals surface area contributed by atoms with E-state index in [1.807, 2.05) is 0 Å². The lowest BCUT2D eigenvalue weighted by Crippen LogP contribution is -2.34. The second kappa shape index (κ2) is 6.42. The monoisotopic (exact) mass is 258 g/mol. The maximum absolute atomic E-state index is 13.4. The summed E-state index contributed by atoms with van der Waals surface area (Å²) >= 11 is 0. The van der Waals surface area contributed by atoms with Gasteiger partial charge in [0, 0.05) is 24.7 Å². The molecule has 0 fully saturated rings. The van der Waals surface area contributed by atoms with Crippen molar-refractivity contribution in [3.8, 4) is 0 Å². The molecule has 0 bridgehead atoms. The molecule has 3 N–H and O–H groups in total. The van der Waals surface area contributed by atoms with Crippen LogP contribution in [0, 0.1) is 11.6 Å². The Morgan fingerprint density at radius 1 is 1.50 bits per heavy atom. The molecule has 1 aromatic carbocycles. The van der Waals surface area contributed by atoms with Crippen molar-refractivity contribution >= 4 is 5.97 Å². The molecule has 1 atom stereocenters. The van der Waals surface area contributed by atoms with Crippen LogP contribution in [0.5, 0.6) is 0 Å². The third kappa shape index (κ3) is 4.38. The predicted molar refractivity (Wildman–Crippen MR) is 62.9 cm³/mol. The van der Waals surface area contributed by atoms with Gasteiger partial charge in [0.15, 0.2) is 0 Å². The first-order valence-electron chi connectivity index (χ1n) is 5.51. The van der Waals surface area contributed by atoms with Gasteiger partial charge in [-0.2, -0.15) is 0 Å². The topological polar surface area (TPSA) is 66.6 Å². The first-order valence-corrected chi connectivity index (χ1v) is 5.51. The molecule has 0 aromatic heterocycles. The zero-order valence-electron chi connectivity index (χ0n) is 10.1. The van der Waals surface area contributed by atoms with Crippen LogP contribution in [0.3, 0.4) is 0 Å². The summed E-state index contributed by atoms with van der Waals surface area (Å²) in [6.07, 6.45) is 0.272. The number of nitrogens with two attached hydrogens (primary N) is 1. The van der Waals surface area contributed by atoms with E-state index < -0.39 is 23.6 Å². The number of nitrogens with zero attached hydrogens (tertiary/aromatic N) is 1. The Hall–Kier alpha value is -1.53. The van der Waals surface area contributed by atoms with E-state index in [1.165, 1.54) is 12.1 Å². The first kappa shape index (κ1) is 14.5. The van der Waals surface area contributed by atoms with E-state index in [2.05, 4.69) is 0 Å². The van der Waals surface area contributed by atoms with E-state index in [9.17, 15) is 13.6 Å². The predicted octanol–water partition coefficient (Wildman–Crippen LogP) is 1.20. The number of halogens is 2. The van der Waals surface area contributed by atoms with Gasteiger partial charge >= 0.3 is 5.97 Å². The fourth-order valence-corrected chi connectivity index (χ4v) is 1.50. The molecule has 1 aromatic rings. The average molecular weight is 258 g/mol. The van der Waals surface area contributed by atoms with E-state index in [-0.39, 0.29) is 13.0 Å². The van der Waals surface area contributed by atoms with Gasteiger partial charge in [-0.05, 0) is 19.5 Å². The molecule has 0 saturated heterocycles. The van der Waals surface area contributed by atoms with Crippen LogP contribution in [0.15, 0.2) is 18.2 Å². The molecule has 0 heterocycles. The second-order valence-corrected chi connectivity index (χ2v) is 4.21. The summed E-state index contributed by atoms with van der Waals surface area (Å²) in [5, 5.41) is 8.61. The van der Waals surface area contributed by atoms with Gasteiger partial charge in [0.05, 0.1) is 0 Å². The zero-order valence-corrected chi connectivity index (χ0v) is 10.1. The fraction of sp³-hybridized carbons (Fsp3) is 0.417. The molecular weight excluding hydrogens is 242 g/mol. The SMILES string of the molecule is CN(CCC(N)C(=O)O)Cc1ccc(F)cc1F. The molecule has 100 valence electrons.